The summed E-state index contributed by atoms with van der Waals surface area (Å²) in [6, 6.07) is 0. The second-order valence-electron chi connectivity index (χ2n) is 5.44. The standard InChI is InChI=1S/C12H19NO/c14-11-7-12(8-13-11)9-3-1-4-10(12)6-2-5-9/h9-10H,1-8H2,(H,13,14). The van der Waals surface area contributed by atoms with Crippen molar-refractivity contribution in [2.24, 2.45) is 17.3 Å². The van der Waals surface area contributed by atoms with E-state index in [2.05, 4.69) is 5.32 Å². The van der Waals surface area contributed by atoms with Gasteiger partial charge in [-0.25, -0.2) is 0 Å². The molecule has 0 aromatic carbocycles. The first-order valence-electron chi connectivity index (χ1n) is 6.08. The molecule has 1 heterocycles. The van der Waals surface area contributed by atoms with Crippen molar-refractivity contribution in [1.82, 2.24) is 5.32 Å². The van der Waals surface area contributed by atoms with Crippen LogP contribution in [0.4, 0.5) is 0 Å². The number of nitrogens with one attached hydrogen (secondary N) is 1. The van der Waals surface area contributed by atoms with Gasteiger partial charge in [0.1, 0.15) is 0 Å². The molecule has 1 N–H and O–H groups in total. The average molecular weight is 193 g/mol. The maximum absolute atomic E-state index is 11.4. The van der Waals surface area contributed by atoms with Crippen LogP contribution >= 0.6 is 0 Å². The Labute approximate surface area is 85.4 Å². The van der Waals surface area contributed by atoms with Gasteiger partial charge in [-0.15, -0.1) is 0 Å². The van der Waals surface area contributed by atoms with Gasteiger partial charge in [-0.05, 0) is 37.5 Å². The molecule has 1 aliphatic heterocycles. The number of amides is 1. The van der Waals surface area contributed by atoms with Gasteiger partial charge in [0, 0.05) is 18.4 Å². The SMILES string of the molecule is O=C1CC2(CN1)C1CCCC2CCC1. The number of carbonyl (C=O) groups is 1. The highest BCUT2D eigenvalue weighted by Gasteiger charge is 2.52. The first kappa shape index (κ1) is 8.75. The lowest BCUT2D eigenvalue weighted by molar-refractivity contribution is -0.121. The number of rotatable bonds is 0. The summed E-state index contributed by atoms with van der Waals surface area (Å²) in [5.41, 5.74) is 0.396. The Hall–Kier alpha value is -0.530. The molecule has 1 amide bonds. The summed E-state index contributed by atoms with van der Waals surface area (Å²) in [6.45, 7) is 0.987. The third kappa shape index (κ3) is 1.06. The zero-order chi connectivity index (χ0) is 9.60. The summed E-state index contributed by atoms with van der Waals surface area (Å²) in [7, 11) is 0. The topological polar surface area (TPSA) is 29.1 Å². The lowest BCUT2D eigenvalue weighted by Gasteiger charge is -2.50. The molecule has 0 radical (unpaired) electrons. The molecule has 2 nitrogen and oxygen atoms in total. The van der Waals surface area contributed by atoms with Crippen molar-refractivity contribution >= 4 is 5.91 Å². The summed E-state index contributed by atoms with van der Waals surface area (Å²) in [5, 5.41) is 3.07. The van der Waals surface area contributed by atoms with E-state index in [1.54, 1.807) is 0 Å². The minimum Gasteiger partial charge on any atom is -0.355 e. The molecule has 2 aliphatic carbocycles. The first-order chi connectivity index (χ1) is 6.81. The lowest BCUT2D eigenvalue weighted by Crippen LogP contribution is -2.45. The molecule has 2 bridgehead atoms. The fourth-order valence-electron chi connectivity index (χ4n) is 4.26. The fraction of sp³-hybridized carbons (Fsp3) is 0.917. The van der Waals surface area contributed by atoms with Gasteiger partial charge in [-0.3, -0.25) is 4.79 Å². The lowest BCUT2D eigenvalue weighted by atomic mass is 9.54. The van der Waals surface area contributed by atoms with Crippen LogP contribution in [0.1, 0.15) is 44.9 Å². The Balaban J connectivity index is 1.92. The molecule has 3 aliphatic rings. The van der Waals surface area contributed by atoms with Crippen LogP contribution in [0.5, 0.6) is 0 Å². The number of carbonyl (C=O) groups excluding carboxylic acids is 1. The molecular formula is C12H19NO. The molecule has 3 rings (SSSR count). The van der Waals surface area contributed by atoms with Gasteiger partial charge < -0.3 is 5.32 Å². The van der Waals surface area contributed by atoms with Crippen molar-refractivity contribution in [1.29, 1.82) is 0 Å². The van der Waals surface area contributed by atoms with Crippen LogP contribution in [0.15, 0.2) is 0 Å². The Bertz CT molecular complexity index is 239. The van der Waals surface area contributed by atoms with E-state index in [9.17, 15) is 4.79 Å². The van der Waals surface area contributed by atoms with E-state index in [0.717, 1.165) is 24.8 Å². The third-order valence-corrected chi connectivity index (χ3v) is 4.94. The van der Waals surface area contributed by atoms with E-state index in [4.69, 9.17) is 0 Å². The van der Waals surface area contributed by atoms with Crippen LogP contribution in [0, 0.1) is 17.3 Å². The van der Waals surface area contributed by atoms with Crippen LogP contribution in [0.2, 0.25) is 0 Å². The normalized spacial score (nSPS) is 46.7. The largest absolute Gasteiger partial charge is 0.355 e. The molecule has 3 fully saturated rings. The predicted molar refractivity (Wildman–Crippen MR) is 54.7 cm³/mol. The van der Waals surface area contributed by atoms with Crippen molar-refractivity contribution in [2.75, 3.05) is 6.54 Å². The van der Waals surface area contributed by atoms with Gasteiger partial charge in [0.05, 0.1) is 0 Å². The quantitative estimate of drug-likeness (QED) is 0.627. The highest BCUT2D eigenvalue weighted by atomic mass is 16.1. The van der Waals surface area contributed by atoms with Gasteiger partial charge in [-0.2, -0.15) is 0 Å². The van der Waals surface area contributed by atoms with E-state index in [1.165, 1.54) is 38.5 Å². The second kappa shape index (κ2) is 2.98. The van der Waals surface area contributed by atoms with Crippen molar-refractivity contribution < 1.29 is 4.79 Å². The summed E-state index contributed by atoms with van der Waals surface area (Å²) in [5.74, 6) is 2.02. The molecule has 2 heteroatoms. The van der Waals surface area contributed by atoms with Crippen LogP contribution < -0.4 is 5.32 Å². The number of hydrogen-bond donors (Lipinski definition) is 1. The molecule has 1 saturated heterocycles. The molecule has 0 aromatic rings. The summed E-state index contributed by atoms with van der Waals surface area (Å²) < 4.78 is 0. The van der Waals surface area contributed by atoms with Gasteiger partial charge in [0.25, 0.3) is 0 Å². The molecule has 78 valence electrons. The Morgan fingerprint density at radius 1 is 1.07 bits per heavy atom. The van der Waals surface area contributed by atoms with E-state index >= 15 is 0 Å². The Kier molecular flexibility index (Phi) is 1.86. The van der Waals surface area contributed by atoms with Gasteiger partial charge in [0.15, 0.2) is 0 Å². The number of hydrogen-bond acceptors (Lipinski definition) is 1. The van der Waals surface area contributed by atoms with E-state index < -0.39 is 0 Å². The molecule has 0 unspecified atom stereocenters. The van der Waals surface area contributed by atoms with Crippen LogP contribution in [-0.2, 0) is 4.79 Å². The monoisotopic (exact) mass is 193 g/mol. The maximum atomic E-state index is 11.4. The van der Waals surface area contributed by atoms with Crippen LogP contribution in [0.3, 0.4) is 0 Å². The summed E-state index contributed by atoms with van der Waals surface area (Å²) >= 11 is 0. The smallest absolute Gasteiger partial charge is 0.220 e. The second-order valence-corrected chi connectivity index (χ2v) is 5.44. The van der Waals surface area contributed by atoms with Crippen molar-refractivity contribution in [2.45, 2.75) is 44.9 Å². The summed E-state index contributed by atoms with van der Waals surface area (Å²) in [6.07, 6.45) is 9.17. The third-order valence-electron chi connectivity index (χ3n) is 4.94. The molecule has 0 aromatic heterocycles. The van der Waals surface area contributed by atoms with Gasteiger partial charge in [0.2, 0.25) is 5.91 Å². The van der Waals surface area contributed by atoms with Crippen LogP contribution in [0.25, 0.3) is 0 Å². The Morgan fingerprint density at radius 3 is 2.07 bits per heavy atom. The zero-order valence-electron chi connectivity index (χ0n) is 8.72. The summed E-state index contributed by atoms with van der Waals surface area (Å²) in [4.78, 5) is 11.4. The average Bonchev–Trinajstić information content (AvgIpc) is 2.48. The van der Waals surface area contributed by atoms with Crippen molar-refractivity contribution in [3.63, 3.8) is 0 Å². The Morgan fingerprint density at radius 2 is 1.64 bits per heavy atom. The molecule has 2 saturated carbocycles. The van der Waals surface area contributed by atoms with Gasteiger partial charge in [-0.1, -0.05) is 12.8 Å². The van der Waals surface area contributed by atoms with Crippen LogP contribution in [-0.4, -0.2) is 12.5 Å². The molecule has 0 atom stereocenters. The van der Waals surface area contributed by atoms with E-state index in [-0.39, 0.29) is 0 Å². The minimum atomic E-state index is 0.309. The highest BCUT2D eigenvalue weighted by molar-refractivity contribution is 5.79. The molecular weight excluding hydrogens is 174 g/mol. The molecule has 1 spiro atoms. The zero-order valence-corrected chi connectivity index (χ0v) is 8.72. The van der Waals surface area contributed by atoms with Crippen molar-refractivity contribution in [3.05, 3.63) is 0 Å². The highest BCUT2D eigenvalue weighted by Crippen LogP contribution is 2.56. The maximum Gasteiger partial charge on any atom is 0.220 e. The first-order valence-corrected chi connectivity index (χ1v) is 6.08. The van der Waals surface area contributed by atoms with E-state index in [0.29, 0.717) is 11.3 Å². The van der Waals surface area contributed by atoms with Crippen molar-refractivity contribution in [3.8, 4) is 0 Å². The minimum absolute atomic E-state index is 0.309. The molecule has 14 heavy (non-hydrogen) atoms. The fourth-order valence-corrected chi connectivity index (χ4v) is 4.26. The predicted octanol–water partition coefficient (Wildman–Crippen LogP) is 2.09. The van der Waals surface area contributed by atoms with E-state index in [1.807, 2.05) is 0 Å². The van der Waals surface area contributed by atoms with Gasteiger partial charge >= 0.3 is 0 Å².